The quantitative estimate of drug-likeness (QED) is 0.389. The molecule has 0 aromatic heterocycles. The van der Waals surface area contributed by atoms with Gasteiger partial charge in [0.2, 0.25) is 6.21 Å². The zero-order valence-electron chi connectivity index (χ0n) is 10.1. The van der Waals surface area contributed by atoms with Crippen LogP contribution in [0, 0.1) is 13.8 Å². The molecule has 0 spiro atoms. The summed E-state index contributed by atoms with van der Waals surface area (Å²) in [5, 5.41) is 6.11. The number of hydrogen-bond acceptors (Lipinski definition) is 2. The smallest absolute Gasteiger partial charge is 0.387 e. The molecular weight excluding hydrogens is 242 g/mol. The van der Waals surface area contributed by atoms with Gasteiger partial charge in [-0.3, -0.25) is 0 Å². The Hall–Kier alpha value is -2.18. The van der Waals surface area contributed by atoms with Crippen LogP contribution >= 0.6 is 0 Å². The Morgan fingerprint density at radius 1 is 1.33 bits per heavy atom. The monoisotopic (exact) mass is 257 g/mol. The van der Waals surface area contributed by atoms with Crippen molar-refractivity contribution in [2.24, 2.45) is 16.6 Å². The molecule has 0 aliphatic heterocycles. The fourth-order valence-corrected chi connectivity index (χ4v) is 1.52. The van der Waals surface area contributed by atoms with Crippen molar-refractivity contribution in [3.8, 4) is 5.75 Å². The summed E-state index contributed by atoms with van der Waals surface area (Å²) in [4.78, 5) is 0. The lowest BCUT2D eigenvalue weighted by atomic mass is 10.1. The maximum atomic E-state index is 12.2. The number of nitrogens with zero attached hydrogens (tertiary/aromatic N) is 1. The summed E-state index contributed by atoms with van der Waals surface area (Å²) in [6, 6.07) is 3.36. The topological polar surface area (TPSA) is 87.6 Å². The number of aryl methyl sites for hydroxylation is 2. The van der Waals surface area contributed by atoms with Crippen LogP contribution in [0.15, 0.2) is 17.2 Å². The summed E-state index contributed by atoms with van der Waals surface area (Å²) in [6.45, 7) is 0.530. The SMILES string of the molecule is Cc1cc(/C=[NH+]\N=C(N)N)cc(C)c1OC(F)F. The van der Waals surface area contributed by atoms with Gasteiger partial charge in [0.1, 0.15) is 5.75 Å². The molecular formula is C11H15F2N4O+. The van der Waals surface area contributed by atoms with Crippen molar-refractivity contribution in [3.63, 3.8) is 0 Å². The summed E-state index contributed by atoms with van der Waals surface area (Å²) in [5.74, 6) is 0.0846. The molecule has 0 aliphatic carbocycles. The van der Waals surface area contributed by atoms with E-state index in [1.54, 1.807) is 32.2 Å². The van der Waals surface area contributed by atoms with E-state index in [4.69, 9.17) is 11.5 Å². The van der Waals surface area contributed by atoms with E-state index in [2.05, 4.69) is 14.9 Å². The molecule has 5 nitrogen and oxygen atoms in total. The van der Waals surface area contributed by atoms with Gasteiger partial charge < -0.3 is 16.2 Å². The van der Waals surface area contributed by atoms with Crippen molar-refractivity contribution in [2.45, 2.75) is 20.5 Å². The lowest BCUT2D eigenvalue weighted by Crippen LogP contribution is -2.63. The van der Waals surface area contributed by atoms with Gasteiger partial charge in [-0.2, -0.15) is 8.78 Å². The standard InChI is InChI=1S/C11H14F2N4O/c1-6-3-8(5-16-17-11(14)15)4-7(2)9(6)18-10(12)13/h3-5,10H,1-2H3,(H4,14,15,17)/p+1/b16-5-. The Balaban J connectivity index is 2.99. The first-order valence-electron chi connectivity index (χ1n) is 5.13. The number of guanidine groups is 1. The van der Waals surface area contributed by atoms with Crippen molar-refractivity contribution in [2.75, 3.05) is 0 Å². The van der Waals surface area contributed by atoms with Crippen LogP contribution in [-0.2, 0) is 0 Å². The second-order valence-electron chi connectivity index (χ2n) is 3.67. The summed E-state index contributed by atoms with van der Waals surface area (Å²) in [6.07, 6.45) is 1.55. The van der Waals surface area contributed by atoms with Crippen LogP contribution in [0.1, 0.15) is 16.7 Å². The molecule has 18 heavy (non-hydrogen) atoms. The molecule has 7 heteroatoms. The molecule has 0 amide bonds. The van der Waals surface area contributed by atoms with E-state index in [1.807, 2.05) is 0 Å². The summed E-state index contributed by atoms with van der Waals surface area (Å²) in [7, 11) is 0. The molecule has 0 heterocycles. The minimum absolute atomic E-state index is 0.0997. The van der Waals surface area contributed by atoms with Gasteiger partial charge in [-0.05, 0) is 37.1 Å². The fraction of sp³-hybridized carbons (Fsp3) is 0.273. The lowest BCUT2D eigenvalue weighted by molar-refractivity contribution is -0.456. The number of halogens is 2. The van der Waals surface area contributed by atoms with Crippen LogP contribution in [0.4, 0.5) is 8.78 Å². The summed E-state index contributed by atoms with van der Waals surface area (Å²) < 4.78 is 28.8. The number of nitrogens with two attached hydrogens (primary N) is 2. The highest BCUT2D eigenvalue weighted by Crippen LogP contribution is 2.25. The van der Waals surface area contributed by atoms with Gasteiger partial charge in [-0.1, -0.05) is 0 Å². The first kappa shape index (κ1) is 13.9. The number of hydrazone groups is 1. The predicted octanol–water partition coefficient (Wildman–Crippen LogP) is -0.407. The van der Waals surface area contributed by atoms with Gasteiger partial charge in [-0.15, -0.1) is 5.10 Å². The second kappa shape index (κ2) is 5.95. The van der Waals surface area contributed by atoms with Crippen molar-refractivity contribution in [1.29, 1.82) is 0 Å². The van der Waals surface area contributed by atoms with Crippen molar-refractivity contribution >= 4 is 12.2 Å². The van der Waals surface area contributed by atoms with E-state index in [0.717, 1.165) is 5.56 Å². The molecule has 0 bridgehead atoms. The molecule has 1 rings (SSSR count). The Morgan fingerprint density at radius 2 is 1.89 bits per heavy atom. The first-order valence-corrected chi connectivity index (χ1v) is 5.13. The Kier molecular flexibility index (Phi) is 4.59. The number of rotatable bonds is 4. The highest BCUT2D eigenvalue weighted by molar-refractivity contribution is 5.78. The molecule has 0 fully saturated rings. The van der Waals surface area contributed by atoms with Gasteiger partial charge in [0.15, 0.2) is 0 Å². The number of ether oxygens (including phenoxy) is 1. The zero-order chi connectivity index (χ0) is 13.7. The van der Waals surface area contributed by atoms with E-state index in [0.29, 0.717) is 11.1 Å². The average molecular weight is 257 g/mol. The van der Waals surface area contributed by atoms with Gasteiger partial charge in [0.25, 0.3) is 5.96 Å². The Morgan fingerprint density at radius 3 is 2.33 bits per heavy atom. The zero-order valence-corrected chi connectivity index (χ0v) is 10.1. The molecule has 5 N–H and O–H groups in total. The molecule has 0 unspecified atom stereocenters. The average Bonchev–Trinajstić information content (AvgIpc) is 2.22. The second-order valence-corrected chi connectivity index (χ2v) is 3.67. The third-order valence-corrected chi connectivity index (χ3v) is 2.11. The molecule has 0 saturated carbocycles. The number of hydrogen-bond donors (Lipinski definition) is 3. The minimum atomic E-state index is -2.84. The van der Waals surface area contributed by atoms with Gasteiger partial charge in [-0.25, -0.2) is 0 Å². The first-order chi connectivity index (χ1) is 8.40. The van der Waals surface area contributed by atoms with E-state index in [1.165, 1.54) is 0 Å². The predicted molar refractivity (Wildman–Crippen MR) is 64.5 cm³/mol. The molecule has 98 valence electrons. The number of nitrogens with one attached hydrogen (secondary N) is 1. The minimum Gasteiger partial charge on any atom is -0.434 e. The highest BCUT2D eigenvalue weighted by atomic mass is 19.3. The van der Waals surface area contributed by atoms with Crippen LogP contribution in [0.2, 0.25) is 0 Å². The van der Waals surface area contributed by atoms with Gasteiger partial charge >= 0.3 is 6.61 Å². The lowest BCUT2D eigenvalue weighted by Gasteiger charge is -2.11. The third-order valence-electron chi connectivity index (χ3n) is 2.11. The van der Waals surface area contributed by atoms with Gasteiger partial charge in [0, 0.05) is 10.7 Å². The van der Waals surface area contributed by atoms with Gasteiger partial charge in [0.05, 0.1) is 0 Å². The number of alkyl halides is 2. The molecule has 0 aliphatic rings. The van der Waals surface area contributed by atoms with E-state index >= 15 is 0 Å². The Labute approximate surface area is 103 Å². The van der Waals surface area contributed by atoms with Crippen LogP contribution < -0.4 is 21.3 Å². The van der Waals surface area contributed by atoms with Crippen molar-refractivity contribution in [1.82, 2.24) is 0 Å². The molecule has 0 saturated heterocycles. The fourth-order valence-electron chi connectivity index (χ4n) is 1.52. The van der Waals surface area contributed by atoms with E-state index < -0.39 is 6.61 Å². The maximum Gasteiger partial charge on any atom is 0.387 e. The third kappa shape index (κ3) is 4.00. The molecule has 0 atom stereocenters. The largest absolute Gasteiger partial charge is 0.434 e. The molecule has 1 aromatic carbocycles. The Bertz CT molecular complexity index is 459. The van der Waals surface area contributed by atoms with E-state index in [9.17, 15) is 8.78 Å². The summed E-state index contributed by atoms with van der Waals surface area (Å²) >= 11 is 0. The van der Waals surface area contributed by atoms with Crippen LogP contribution in [-0.4, -0.2) is 18.8 Å². The summed E-state index contributed by atoms with van der Waals surface area (Å²) in [5.41, 5.74) is 12.2. The normalized spacial score (nSPS) is 10.9. The molecule has 0 radical (unpaired) electrons. The molecule has 1 aromatic rings. The van der Waals surface area contributed by atoms with Crippen molar-refractivity contribution in [3.05, 3.63) is 28.8 Å². The maximum absolute atomic E-state index is 12.2. The number of benzene rings is 1. The van der Waals surface area contributed by atoms with Crippen molar-refractivity contribution < 1.29 is 18.6 Å². The van der Waals surface area contributed by atoms with Crippen LogP contribution in [0.3, 0.4) is 0 Å². The van der Waals surface area contributed by atoms with Crippen LogP contribution in [0.25, 0.3) is 0 Å². The van der Waals surface area contributed by atoms with Crippen LogP contribution in [0.5, 0.6) is 5.75 Å². The van der Waals surface area contributed by atoms with E-state index in [-0.39, 0.29) is 11.7 Å². The highest BCUT2D eigenvalue weighted by Gasteiger charge is 2.11.